The quantitative estimate of drug-likeness (QED) is 0.430. The maximum atomic E-state index is 12.5. The molecular weight excluding hydrogens is 474 g/mol. The van der Waals surface area contributed by atoms with Gasteiger partial charge in [-0.15, -0.1) is 0 Å². The van der Waals surface area contributed by atoms with Crippen molar-refractivity contribution < 1.29 is 32.3 Å². The minimum Gasteiger partial charge on any atom is -0.462 e. The van der Waals surface area contributed by atoms with Gasteiger partial charge in [0, 0.05) is 17.4 Å². The average Bonchev–Trinajstić information content (AvgIpc) is 2.82. The van der Waals surface area contributed by atoms with Crippen LogP contribution in [0, 0.1) is 0 Å². The van der Waals surface area contributed by atoms with Crippen molar-refractivity contribution in [3.05, 3.63) is 78.0 Å². The summed E-state index contributed by atoms with van der Waals surface area (Å²) < 4.78 is 35.1. The number of hydrogen-bond acceptors (Lipinski definition) is 8. The van der Waals surface area contributed by atoms with Crippen LogP contribution in [0.2, 0.25) is 0 Å². The molecule has 0 saturated heterocycles. The molecule has 0 spiro atoms. The number of anilines is 2. The van der Waals surface area contributed by atoms with Crippen LogP contribution in [0.4, 0.5) is 11.5 Å². The van der Waals surface area contributed by atoms with E-state index >= 15 is 0 Å². The van der Waals surface area contributed by atoms with Crippen LogP contribution in [0.15, 0.2) is 66.9 Å². The van der Waals surface area contributed by atoms with Crippen LogP contribution < -0.4 is 10.0 Å². The molecule has 10 nitrogen and oxygen atoms in total. The number of ether oxygens (including phenoxy) is 2. The number of pyridine rings is 1. The molecular formula is C24H23N3O7S. The Hall–Kier alpha value is -4.25. The summed E-state index contributed by atoms with van der Waals surface area (Å²) in [5.41, 5.74) is 1.75. The van der Waals surface area contributed by atoms with Crippen LogP contribution in [0.3, 0.4) is 0 Å². The van der Waals surface area contributed by atoms with Gasteiger partial charge in [-0.2, -0.15) is 0 Å². The second-order valence-corrected chi connectivity index (χ2v) is 9.03. The Kier molecular flexibility index (Phi) is 8.16. The molecule has 0 bridgehead atoms. The van der Waals surface area contributed by atoms with Crippen molar-refractivity contribution in [2.75, 3.05) is 29.5 Å². The van der Waals surface area contributed by atoms with Gasteiger partial charge in [-0.1, -0.05) is 36.4 Å². The number of benzene rings is 2. The first kappa shape index (κ1) is 25.4. The number of esters is 2. The maximum absolute atomic E-state index is 12.5. The minimum absolute atomic E-state index is 0.0384. The zero-order valence-electron chi connectivity index (χ0n) is 19.0. The first-order chi connectivity index (χ1) is 16.7. The third-order valence-corrected chi connectivity index (χ3v) is 5.09. The van der Waals surface area contributed by atoms with Crippen molar-refractivity contribution in [3.8, 4) is 11.1 Å². The first-order valence-corrected chi connectivity index (χ1v) is 12.3. The molecule has 0 aliphatic heterocycles. The number of aromatic nitrogens is 1. The molecule has 0 fully saturated rings. The number of carbonyl (C=O) groups is 3. The van der Waals surface area contributed by atoms with Crippen LogP contribution in [0.1, 0.15) is 27.6 Å². The standard InChI is InChI=1S/C24H23N3O7S/c1-3-33-24(30)20-13-18(16-8-5-4-6-9-16)14-25-22(20)26-21(28)15-34-23(29)17-10-7-11-19(12-17)27-35(2,31)32/h4-14,27H,3,15H2,1-2H3,(H,25,26,28). The number of amides is 1. The molecule has 2 aromatic carbocycles. The van der Waals surface area contributed by atoms with Gasteiger partial charge in [-0.3, -0.25) is 9.52 Å². The maximum Gasteiger partial charge on any atom is 0.341 e. The highest BCUT2D eigenvalue weighted by atomic mass is 32.2. The molecule has 35 heavy (non-hydrogen) atoms. The fourth-order valence-electron chi connectivity index (χ4n) is 3.02. The van der Waals surface area contributed by atoms with E-state index in [1.165, 1.54) is 30.5 Å². The number of sulfonamides is 1. The average molecular weight is 498 g/mol. The van der Waals surface area contributed by atoms with Gasteiger partial charge in [0.25, 0.3) is 5.91 Å². The fourth-order valence-corrected chi connectivity index (χ4v) is 3.58. The van der Waals surface area contributed by atoms with Crippen LogP contribution >= 0.6 is 0 Å². The van der Waals surface area contributed by atoms with E-state index in [0.717, 1.165) is 11.8 Å². The lowest BCUT2D eigenvalue weighted by molar-refractivity contribution is -0.119. The summed E-state index contributed by atoms with van der Waals surface area (Å²) in [5, 5.41) is 2.46. The Morgan fingerprint density at radius 1 is 0.914 bits per heavy atom. The van der Waals surface area contributed by atoms with Crippen LogP contribution in [-0.2, 0) is 24.3 Å². The van der Waals surface area contributed by atoms with Crippen molar-refractivity contribution in [2.45, 2.75) is 6.92 Å². The van der Waals surface area contributed by atoms with E-state index in [1.54, 1.807) is 13.0 Å². The van der Waals surface area contributed by atoms with E-state index in [2.05, 4.69) is 15.0 Å². The van der Waals surface area contributed by atoms with Gasteiger partial charge in [0.05, 0.1) is 18.4 Å². The number of rotatable bonds is 9. The Morgan fingerprint density at radius 3 is 2.34 bits per heavy atom. The normalized spacial score (nSPS) is 10.8. The summed E-state index contributed by atoms with van der Waals surface area (Å²) in [6.07, 6.45) is 2.48. The van der Waals surface area contributed by atoms with Gasteiger partial charge in [-0.25, -0.2) is 23.0 Å². The van der Waals surface area contributed by atoms with Crippen LogP contribution in [-0.4, -0.2) is 50.7 Å². The van der Waals surface area contributed by atoms with Crippen molar-refractivity contribution in [2.24, 2.45) is 0 Å². The van der Waals surface area contributed by atoms with E-state index in [0.29, 0.717) is 5.56 Å². The summed E-state index contributed by atoms with van der Waals surface area (Å²) in [4.78, 5) is 41.4. The summed E-state index contributed by atoms with van der Waals surface area (Å²) in [7, 11) is -3.53. The van der Waals surface area contributed by atoms with E-state index in [-0.39, 0.29) is 29.2 Å². The predicted octanol–water partition coefficient (Wildman–Crippen LogP) is 3.09. The van der Waals surface area contributed by atoms with Gasteiger partial charge in [0.15, 0.2) is 6.61 Å². The number of nitrogens with zero attached hydrogens (tertiary/aromatic N) is 1. The molecule has 182 valence electrons. The zero-order valence-corrected chi connectivity index (χ0v) is 19.8. The molecule has 3 rings (SSSR count). The molecule has 1 aromatic heterocycles. The van der Waals surface area contributed by atoms with Gasteiger partial charge in [-0.05, 0) is 36.8 Å². The number of carbonyl (C=O) groups excluding carboxylic acids is 3. The molecule has 0 aliphatic carbocycles. The van der Waals surface area contributed by atoms with Crippen molar-refractivity contribution in [3.63, 3.8) is 0 Å². The molecule has 0 atom stereocenters. The molecule has 0 saturated carbocycles. The van der Waals surface area contributed by atoms with Crippen LogP contribution in [0.5, 0.6) is 0 Å². The minimum atomic E-state index is -3.53. The SMILES string of the molecule is CCOC(=O)c1cc(-c2ccccc2)cnc1NC(=O)COC(=O)c1cccc(NS(C)(=O)=O)c1. The van der Waals surface area contributed by atoms with Gasteiger partial charge in [0.2, 0.25) is 10.0 Å². The molecule has 2 N–H and O–H groups in total. The topological polar surface area (TPSA) is 141 Å². The first-order valence-electron chi connectivity index (χ1n) is 10.4. The molecule has 1 amide bonds. The van der Waals surface area contributed by atoms with Gasteiger partial charge < -0.3 is 14.8 Å². The van der Waals surface area contributed by atoms with E-state index in [9.17, 15) is 22.8 Å². The predicted molar refractivity (Wildman–Crippen MR) is 129 cm³/mol. The van der Waals surface area contributed by atoms with Crippen LogP contribution in [0.25, 0.3) is 11.1 Å². The molecule has 0 radical (unpaired) electrons. The van der Waals surface area contributed by atoms with Crippen molar-refractivity contribution in [1.82, 2.24) is 4.98 Å². The summed E-state index contributed by atoms with van der Waals surface area (Å²) in [5.74, 6) is -2.27. The lowest BCUT2D eigenvalue weighted by atomic mass is 10.1. The Morgan fingerprint density at radius 2 is 1.66 bits per heavy atom. The molecule has 0 aliphatic rings. The lowest BCUT2D eigenvalue weighted by Crippen LogP contribution is -2.23. The van der Waals surface area contributed by atoms with Crippen molar-refractivity contribution >= 4 is 39.4 Å². The molecule has 0 unspecified atom stereocenters. The third-order valence-electron chi connectivity index (χ3n) is 4.48. The fraction of sp³-hybridized carbons (Fsp3) is 0.167. The van der Waals surface area contributed by atoms with Gasteiger partial charge >= 0.3 is 11.9 Å². The van der Waals surface area contributed by atoms with E-state index < -0.39 is 34.5 Å². The smallest absolute Gasteiger partial charge is 0.341 e. The Bertz CT molecular complexity index is 1340. The third kappa shape index (κ3) is 7.37. The van der Waals surface area contributed by atoms with Crippen molar-refractivity contribution in [1.29, 1.82) is 0 Å². The second-order valence-electron chi connectivity index (χ2n) is 7.29. The summed E-state index contributed by atoms with van der Waals surface area (Å²) in [6, 6.07) is 16.4. The lowest BCUT2D eigenvalue weighted by Gasteiger charge is -2.12. The monoisotopic (exact) mass is 497 g/mol. The summed E-state index contributed by atoms with van der Waals surface area (Å²) in [6.45, 7) is 1.13. The second kappa shape index (κ2) is 11.3. The summed E-state index contributed by atoms with van der Waals surface area (Å²) >= 11 is 0. The van der Waals surface area contributed by atoms with Gasteiger partial charge in [0.1, 0.15) is 11.4 Å². The Labute approximate surface area is 202 Å². The highest BCUT2D eigenvalue weighted by Gasteiger charge is 2.19. The largest absolute Gasteiger partial charge is 0.462 e. The molecule has 1 heterocycles. The number of hydrogen-bond donors (Lipinski definition) is 2. The zero-order chi connectivity index (χ0) is 25.4. The van der Waals surface area contributed by atoms with E-state index in [1.807, 2.05) is 30.3 Å². The highest BCUT2D eigenvalue weighted by molar-refractivity contribution is 7.92. The number of nitrogens with one attached hydrogen (secondary N) is 2. The van der Waals surface area contributed by atoms with E-state index in [4.69, 9.17) is 9.47 Å². The molecule has 3 aromatic rings. The Balaban J connectivity index is 1.71. The highest BCUT2D eigenvalue weighted by Crippen LogP contribution is 2.24. The molecule has 11 heteroatoms.